The van der Waals surface area contributed by atoms with E-state index in [9.17, 15) is 4.79 Å². The Morgan fingerprint density at radius 2 is 2.10 bits per heavy atom. The van der Waals surface area contributed by atoms with Gasteiger partial charge in [-0.3, -0.25) is 4.79 Å². The lowest BCUT2D eigenvalue weighted by Gasteiger charge is -2.24. The van der Waals surface area contributed by atoms with Gasteiger partial charge in [0.25, 0.3) is 0 Å². The van der Waals surface area contributed by atoms with E-state index in [-0.39, 0.29) is 11.9 Å². The summed E-state index contributed by atoms with van der Waals surface area (Å²) >= 11 is 0. The van der Waals surface area contributed by atoms with Crippen molar-refractivity contribution in [3.05, 3.63) is 23.8 Å². The molecule has 0 spiro atoms. The molecule has 1 unspecified atom stereocenters. The lowest BCUT2D eigenvalue weighted by Crippen LogP contribution is -2.41. The number of carbonyl (C=O) groups excluding carboxylic acids is 1. The molecule has 1 aromatic rings. The minimum absolute atomic E-state index is 0.0430. The van der Waals surface area contributed by atoms with Gasteiger partial charge in [-0.2, -0.15) is 5.26 Å². The fraction of sp³-hybridized carbons (Fsp3) is 0.467. The van der Waals surface area contributed by atoms with Gasteiger partial charge in [0.15, 0.2) is 0 Å². The molecule has 1 rings (SSSR count). The predicted molar refractivity (Wildman–Crippen MR) is 78.7 cm³/mol. The van der Waals surface area contributed by atoms with Crippen LogP contribution < -0.4 is 10.1 Å². The van der Waals surface area contributed by atoms with Crippen LogP contribution in [0.4, 0.5) is 5.69 Å². The standard InChI is InChI=1S/C15H21N3O2/c1-5-18(6-2)15(19)11(3)17-13-8-7-12(10-16)9-14(13)20-4/h7-9,11,17H,5-6H2,1-4H3. The molecule has 20 heavy (non-hydrogen) atoms. The van der Waals surface area contributed by atoms with Crippen molar-refractivity contribution >= 4 is 11.6 Å². The highest BCUT2D eigenvalue weighted by molar-refractivity contribution is 5.84. The highest BCUT2D eigenvalue weighted by Crippen LogP contribution is 2.26. The molecule has 1 amide bonds. The summed E-state index contributed by atoms with van der Waals surface area (Å²) in [5.74, 6) is 0.602. The summed E-state index contributed by atoms with van der Waals surface area (Å²) in [5, 5.41) is 12.0. The number of likely N-dealkylation sites (N-methyl/N-ethyl adjacent to an activating group) is 1. The smallest absolute Gasteiger partial charge is 0.244 e. The lowest BCUT2D eigenvalue weighted by molar-refractivity contribution is -0.131. The molecule has 0 aliphatic heterocycles. The normalized spacial score (nSPS) is 11.3. The third kappa shape index (κ3) is 3.64. The van der Waals surface area contributed by atoms with E-state index in [0.717, 1.165) is 0 Å². The molecule has 5 heteroatoms. The second kappa shape index (κ2) is 7.39. The van der Waals surface area contributed by atoms with Gasteiger partial charge in [-0.25, -0.2) is 0 Å². The summed E-state index contributed by atoms with van der Waals surface area (Å²) in [6.45, 7) is 7.10. The highest BCUT2D eigenvalue weighted by atomic mass is 16.5. The van der Waals surface area contributed by atoms with Gasteiger partial charge in [-0.15, -0.1) is 0 Å². The number of hydrogen-bond donors (Lipinski definition) is 1. The second-order valence-corrected chi connectivity index (χ2v) is 4.40. The van der Waals surface area contributed by atoms with Gasteiger partial charge in [-0.1, -0.05) is 0 Å². The van der Waals surface area contributed by atoms with Crippen LogP contribution in [0.3, 0.4) is 0 Å². The van der Waals surface area contributed by atoms with E-state index in [2.05, 4.69) is 11.4 Å². The number of anilines is 1. The Kier molecular flexibility index (Phi) is 5.85. The van der Waals surface area contributed by atoms with Gasteiger partial charge < -0.3 is 15.0 Å². The Balaban J connectivity index is 2.88. The van der Waals surface area contributed by atoms with Crippen LogP contribution in [0, 0.1) is 11.3 Å². The first-order valence-corrected chi connectivity index (χ1v) is 6.70. The molecule has 0 aliphatic carbocycles. The number of nitrogens with one attached hydrogen (secondary N) is 1. The van der Waals surface area contributed by atoms with Crippen molar-refractivity contribution in [1.82, 2.24) is 4.90 Å². The van der Waals surface area contributed by atoms with Crippen LogP contribution in [0.25, 0.3) is 0 Å². The molecule has 1 atom stereocenters. The van der Waals surface area contributed by atoms with Gasteiger partial charge in [0, 0.05) is 19.2 Å². The van der Waals surface area contributed by atoms with Crippen LogP contribution in [-0.2, 0) is 4.79 Å². The first kappa shape index (κ1) is 15.8. The van der Waals surface area contributed by atoms with Crippen molar-refractivity contribution in [3.8, 4) is 11.8 Å². The van der Waals surface area contributed by atoms with Gasteiger partial charge in [0.2, 0.25) is 5.91 Å². The average molecular weight is 275 g/mol. The maximum absolute atomic E-state index is 12.2. The Labute approximate surface area is 120 Å². The predicted octanol–water partition coefficient (Wildman–Crippen LogP) is 2.24. The zero-order valence-corrected chi connectivity index (χ0v) is 12.4. The Morgan fingerprint density at radius 3 is 2.60 bits per heavy atom. The van der Waals surface area contributed by atoms with Crippen molar-refractivity contribution in [2.45, 2.75) is 26.8 Å². The third-order valence-corrected chi connectivity index (χ3v) is 3.15. The molecule has 1 N–H and O–H groups in total. The Hall–Kier alpha value is -2.22. The van der Waals surface area contributed by atoms with Crippen LogP contribution in [0.1, 0.15) is 26.3 Å². The molecular weight excluding hydrogens is 254 g/mol. The molecule has 0 aromatic heterocycles. The average Bonchev–Trinajstić information content (AvgIpc) is 2.48. The maximum Gasteiger partial charge on any atom is 0.244 e. The van der Waals surface area contributed by atoms with Crippen LogP contribution >= 0.6 is 0 Å². The van der Waals surface area contributed by atoms with E-state index in [0.29, 0.717) is 30.1 Å². The molecular formula is C15H21N3O2. The summed E-state index contributed by atoms with van der Waals surface area (Å²) in [6, 6.07) is 6.81. The summed E-state index contributed by atoms with van der Waals surface area (Å²) < 4.78 is 5.24. The quantitative estimate of drug-likeness (QED) is 0.864. The number of rotatable bonds is 6. The van der Waals surface area contributed by atoms with Crippen molar-refractivity contribution in [2.75, 3.05) is 25.5 Å². The van der Waals surface area contributed by atoms with Crippen molar-refractivity contribution in [1.29, 1.82) is 5.26 Å². The monoisotopic (exact) mass is 275 g/mol. The largest absolute Gasteiger partial charge is 0.495 e. The molecule has 0 heterocycles. The van der Waals surface area contributed by atoms with E-state index >= 15 is 0 Å². The number of nitriles is 1. The molecule has 108 valence electrons. The lowest BCUT2D eigenvalue weighted by atomic mass is 10.2. The zero-order chi connectivity index (χ0) is 15.1. The van der Waals surface area contributed by atoms with Gasteiger partial charge in [0.1, 0.15) is 11.8 Å². The fourth-order valence-electron chi connectivity index (χ4n) is 1.98. The van der Waals surface area contributed by atoms with E-state index in [1.54, 1.807) is 30.2 Å². The zero-order valence-electron chi connectivity index (χ0n) is 12.4. The first-order valence-electron chi connectivity index (χ1n) is 6.70. The van der Waals surface area contributed by atoms with Gasteiger partial charge >= 0.3 is 0 Å². The minimum atomic E-state index is -0.350. The van der Waals surface area contributed by atoms with Crippen LogP contribution in [-0.4, -0.2) is 37.0 Å². The van der Waals surface area contributed by atoms with Gasteiger partial charge in [-0.05, 0) is 32.9 Å². The summed E-state index contributed by atoms with van der Waals surface area (Å²) in [6.07, 6.45) is 0. The number of methoxy groups -OCH3 is 1. The minimum Gasteiger partial charge on any atom is -0.495 e. The van der Waals surface area contributed by atoms with E-state index in [1.165, 1.54) is 0 Å². The van der Waals surface area contributed by atoms with Crippen LogP contribution in [0.5, 0.6) is 5.75 Å². The molecule has 0 saturated carbocycles. The molecule has 0 saturated heterocycles. The van der Waals surface area contributed by atoms with Crippen LogP contribution in [0.15, 0.2) is 18.2 Å². The Morgan fingerprint density at radius 1 is 1.45 bits per heavy atom. The number of amides is 1. The molecule has 0 bridgehead atoms. The molecule has 0 fully saturated rings. The SMILES string of the molecule is CCN(CC)C(=O)C(C)Nc1ccc(C#N)cc1OC. The van der Waals surface area contributed by atoms with Crippen molar-refractivity contribution in [2.24, 2.45) is 0 Å². The molecule has 5 nitrogen and oxygen atoms in total. The number of hydrogen-bond acceptors (Lipinski definition) is 4. The van der Waals surface area contributed by atoms with Crippen molar-refractivity contribution < 1.29 is 9.53 Å². The van der Waals surface area contributed by atoms with Crippen LogP contribution in [0.2, 0.25) is 0 Å². The second-order valence-electron chi connectivity index (χ2n) is 4.40. The van der Waals surface area contributed by atoms with E-state index < -0.39 is 0 Å². The van der Waals surface area contributed by atoms with Gasteiger partial charge in [0.05, 0.1) is 24.4 Å². The van der Waals surface area contributed by atoms with E-state index in [4.69, 9.17) is 10.00 Å². The summed E-state index contributed by atoms with van der Waals surface area (Å²) in [7, 11) is 1.54. The number of nitrogens with zero attached hydrogens (tertiary/aromatic N) is 2. The Bertz CT molecular complexity index is 504. The van der Waals surface area contributed by atoms with Crippen molar-refractivity contribution in [3.63, 3.8) is 0 Å². The molecule has 1 aromatic carbocycles. The summed E-state index contributed by atoms with van der Waals surface area (Å²) in [4.78, 5) is 14.0. The summed E-state index contributed by atoms with van der Waals surface area (Å²) in [5.41, 5.74) is 1.23. The van der Waals surface area contributed by atoms with E-state index in [1.807, 2.05) is 20.8 Å². The molecule has 0 aliphatic rings. The number of ether oxygens (including phenoxy) is 1. The number of benzene rings is 1. The third-order valence-electron chi connectivity index (χ3n) is 3.15. The maximum atomic E-state index is 12.2. The first-order chi connectivity index (χ1) is 9.57. The number of carbonyl (C=O) groups is 1. The molecule has 0 radical (unpaired) electrons. The highest BCUT2D eigenvalue weighted by Gasteiger charge is 2.19. The topological polar surface area (TPSA) is 65.4 Å². The fourth-order valence-corrected chi connectivity index (χ4v) is 1.98.